The van der Waals surface area contributed by atoms with Gasteiger partial charge in [0, 0.05) is 5.41 Å². The average molecular weight is 467 g/mol. The Bertz CT molecular complexity index is 1100. The highest BCUT2D eigenvalue weighted by Gasteiger charge is 2.35. The molecule has 0 bridgehead atoms. The van der Waals surface area contributed by atoms with Crippen molar-refractivity contribution < 1.29 is 0 Å². The summed E-state index contributed by atoms with van der Waals surface area (Å²) in [5.41, 5.74) is 10.2. The van der Waals surface area contributed by atoms with Crippen LogP contribution in [0.2, 0.25) is 0 Å². The number of fused-ring (bicyclic) bond motifs is 3. The van der Waals surface area contributed by atoms with Gasteiger partial charge in [0.25, 0.3) is 0 Å². The number of benzene rings is 2. The summed E-state index contributed by atoms with van der Waals surface area (Å²) in [5, 5.41) is 0. The lowest BCUT2D eigenvalue weighted by atomic mass is 9.81. The molecule has 186 valence electrons. The minimum atomic E-state index is 0.134. The van der Waals surface area contributed by atoms with Crippen molar-refractivity contribution >= 4 is 0 Å². The van der Waals surface area contributed by atoms with E-state index in [2.05, 4.69) is 89.9 Å². The highest BCUT2D eigenvalue weighted by atomic mass is 14.4. The molecule has 1 aliphatic carbocycles. The summed E-state index contributed by atoms with van der Waals surface area (Å²) in [4.78, 5) is 0. The van der Waals surface area contributed by atoms with Crippen molar-refractivity contribution in [1.82, 2.24) is 0 Å². The molecule has 3 rings (SSSR count). The van der Waals surface area contributed by atoms with Gasteiger partial charge in [-0.3, -0.25) is 0 Å². The molecule has 0 saturated heterocycles. The third kappa shape index (κ3) is 7.96. The van der Waals surface area contributed by atoms with Crippen LogP contribution in [0.15, 0.2) is 115 Å². The van der Waals surface area contributed by atoms with Gasteiger partial charge < -0.3 is 0 Å². The van der Waals surface area contributed by atoms with Crippen LogP contribution in [0.4, 0.5) is 0 Å². The Morgan fingerprint density at radius 1 is 0.857 bits per heavy atom. The molecule has 0 nitrogen and oxygen atoms in total. The smallest absolute Gasteiger partial charge is 0.0158 e. The van der Waals surface area contributed by atoms with E-state index in [1.54, 1.807) is 0 Å². The SMILES string of the molecule is C=C(C)/C=C\C(=C)C(=C)/C=C\C=C/C.CC.CCC(C)c1ccc2c(c1)C(C)(C)c1ccccc1-2. The summed E-state index contributed by atoms with van der Waals surface area (Å²) in [6, 6.07) is 15.9. The number of rotatable bonds is 7. The zero-order chi connectivity index (χ0) is 26.6. The van der Waals surface area contributed by atoms with Crippen molar-refractivity contribution in [3.05, 3.63) is 132 Å². The molecule has 0 N–H and O–H groups in total. The molecule has 0 heterocycles. The minimum absolute atomic E-state index is 0.134. The molecule has 35 heavy (non-hydrogen) atoms. The van der Waals surface area contributed by atoms with Gasteiger partial charge >= 0.3 is 0 Å². The van der Waals surface area contributed by atoms with Crippen LogP contribution in [0.3, 0.4) is 0 Å². The zero-order valence-corrected chi connectivity index (χ0v) is 23.4. The van der Waals surface area contributed by atoms with E-state index >= 15 is 0 Å². The van der Waals surface area contributed by atoms with Crippen molar-refractivity contribution in [2.75, 3.05) is 0 Å². The summed E-state index contributed by atoms with van der Waals surface area (Å²) in [7, 11) is 0. The molecule has 1 atom stereocenters. The number of hydrogen-bond acceptors (Lipinski definition) is 0. The molecule has 0 aliphatic heterocycles. The topological polar surface area (TPSA) is 0 Å². The Morgan fingerprint density at radius 3 is 2.06 bits per heavy atom. The zero-order valence-electron chi connectivity index (χ0n) is 23.4. The van der Waals surface area contributed by atoms with Gasteiger partial charge in [-0.05, 0) is 65.1 Å². The van der Waals surface area contributed by atoms with Gasteiger partial charge in [-0.1, -0.05) is 146 Å². The standard InChI is InChI=1S/C19H22.C14H18.C2H6/c1-5-13(2)14-10-11-16-15-8-6-7-9-17(15)19(3,4)18(16)12-14;1-6-7-8-9-13(4)14(5)11-10-12(2)3;1-2/h6-13H,5H2,1-4H3;6-11H,2,4-5H2,1,3H3;1-2H3/b;7-6-,9-8-,11-10-;. The van der Waals surface area contributed by atoms with E-state index in [4.69, 9.17) is 0 Å². The summed E-state index contributed by atoms with van der Waals surface area (Å²) in [6.45, 7) is 28.8. The lowest BCUT2D eigenvalue weighted by molar-refractivity contribution is 0.655. The van der Waals surface area contributed by atoms with E-state index in [0.29, 0.717) is 5.92 Å². The molecule has 0 aromatic heterocycles. The van der Waals surface area contributed by atoms with Crippen LogP contribution in [-0.4, -0.2) is 0 Å². The number of allylic oxidation sites excluding steroid dienone is 9. The van der Waals surface area contributed by atoms with Gasteiger partial charge in [0.1, 0.15) is 0 Å². The van der Waals surface area contributed by atoms with Crippen molar-refractivity contribution in [2.45, 2.75) is 73.1 Å². The third-order valence-corrected chi connectivity index (χ3v) is 6.37. The first-order valence-corrected chi connectivity index (χ1v) is 12.9. The van der Waals surface area contributed by atoms with Gasteiger partial charge in [-0.2, -0.15) is 0 Å². The summed E-state index contributed by atoms with van der Waals surface area (Å²) >= 11 is 0. The maximum absolute atomic E-state index is 3.90. The maximum atomic E-state index is 3.90. The molecule has 1 unspecified atom stereocenters. The molecule has 0 fully saturated rings. The largest absolute Gasteiger partial charge is 0.0961 e. The normalized spacial score (nSPS) is 13.9. The molecular weight excluding hydrogens is 420 g/mol. The Kier molecular flexibility index (Phi) is 12.2. The lowest BCUT2D eigenvalue weighted by Crippen LogP contribution is -2.15. The van der Waals surface area contributed by atoms with Crippen LogP contribution in [-0.2, 0) is 5.41 Å². The molecule has 2 aromatic rings. The highest BCUT2D eigenvalue weighted by Crippen LogP contribution is 2.49. The number of hydrogen-bond donors (Lipinski definition) is 0. The Morgan fingerprint density at radius 2 is 1.46 bits per heavy atom. The van der Waals surface area contributed by atoms with Gasteiger partial charge in [0.15, 0.2) is 0 Å². The van der Waals surface area contributed by atoms with Gasteiger partial charge in [0.05, 0.1) is 0 Å². The molecule has 0 saturated carbocycles. The van der Waals surface area contributed by atoms with Gasteiger partial charge in [-0.15, -0.1) is 0 Å². The van der Waals surface area contributed by atoms with Gasteiger partial charge in [-0.25, -0.2) is 0 Å². The second kappa shape index (κ2) is 14.3. The molecule has 2 aromatic carbocycles. The first kappa shape index (κ1) is 29.9. The summed E-state index contributed by atoms with van der Waals surface area (Å²) < 4.78 is 0. The van der Waals surface area contributed by atoms with Crippen molar-refractivity contribution in [3.8, 4) is 11.1 Å². The second-order valence-corrected chi connectivity index (χ2v) is 9.40. The van der Waals surface area contributed by atoms with Crippen LogP contribution >= 0.6 is 0 Å². The van der Waals surface area contributed by atoms with Crippen molar-refractivity contribution in [3.63, 3.8) is 0 Å². The predicted molar refractivity (Wildman–Crippen MR) is 160 cm³/mol. The fourth-order valence-electron chi connectivity index (χ4n) is 4.00. The molecule has 0 heteroatoms. The van der Waals surface area contributed by atoms with Crippen LogP contribution in [0, 0.1) is 0 Å². The van der Waals surface area contributed by atoms with Crippen LogP contribution < -0.4 is 0 Å². The first-order valence-electron chi connectivity index (χ1n) is 12.9. The highest BCUT2D eigenvalue weighted by molar-refractivity contribution is 5.80. The maximum Gasteiger partial charge on any atom is 0.0158 e. The Labute approximate surface area is 216 Å². The van der Waals surface area contributed by atoms with Crippen molar-refractivity contribution in [2.24, 2.45) is 0 Å². The minimum Gasteiger partial charge on any atom is -0.0961 e. The molecule has 0 amide bonds. The quantitative estimate of drug-likeness (QED) is 0.356. The van der Waals surface area contributed by atoms with E-state index in [1.807, 2.05) is 64.2 Å². The monoisotopic (exact) mass is 466 g/mol. The molecule has 1 aliphatic rings. The van der Waals surface area contributed by atoms with E-state index in [9.17, 15) is 0 Å². The third-order valence-electron chi connectivity index (χ3n) is 6.37. The summed E-state index contributed by atoms with van der Waals surface area (Å²) in [6.07, 6.45) is 12.9. The average Bonchev–Trinajstić information content (AvgIpc) is 3.10. The van der Waals surface area contributed by atoms with Crippen molar-refractivity contribution in [1.29, 1.82) is 0 Å². The summed E-state index contributed by atoms with van der Waals surface area (Å²) in [5.74, 6) is 0.643. The predicted octanol–water partition coefficient (Wildman–Crippen LogP) is 10.9. The molecule has 0 spiro atoms. The Balaban J connectivity index is 0.000000343. The second-order valence-electron chi connectivity index (χ2n) is 9.40. The fourth-order valence-corrected chi connectivity index (χ4v) is 4.00. The van der Waals surface area contributed by atoms with E-state index in [0.717, 1.165) is 16.7 Å². The first-order chi connectivity index (χ1) is 16.6. The van der Waals surface area contributed by atoms with Crippen LogP contribution in [0.25, 0.3) is 11.1 Å². The van der Waals surface area contributed by atoms with Gasteiger partial charge in [0.2, 0.25) is 0 Å². The van der Waals surface area contributed by atoms with E-state index < -0.39 is 0 Å². The Hall–Kier alpha value is -3.12. The van der Waals surface area contributed by atoms with Crippen LogP contribution in [0.5, 0.6) is 0 Å². The van der Waals surface area contributed by atoms with E-state index in [-0.39, 0.29) is 5.41 Å². The molecule has 0 radical (unpaired) electrons. The lowest BCUT2D eigenvalue weighted by Gasteiger charge is -2.22. The van der Waals surface area contributed by atoms with E-state index in [1.165, 1.54) is 34.2 Å². The molecular formula is C35H46. The van der Waals surface area contributed by atoms with Crippen LogP contribution in [0.1, 0.15) is 84.4 Å². The fraction of sp³-hybridized carbons (Fsp3) is 0.314.